The highest BCUT2D eigenvalue weighted by Crippen LogP contribution is 2.18. The monoisotopic (exact) mass is 346 g/mol. The van der Waals surface area contributed by atoms with E-state index < -0.39 is 0 Å². The molecular weight excluding hydrogens is 324 g/mol. The van der Waals surface area contributed by atoms with Crippen molar-refractivity contribution in [3.8, 4) is 5.75 Å². The number of carbonyl (C=O) groups is 1. The molecule has 0 spiro atoms. The summed E-state index contributed by atoms with van der Waals surface area (Å²) in [6, 6.07) is 21.2. The largest absolute Gasteiger partial charge is 0.484 e. The number of anilines is 1. The van der Waals surface area contributed by atoms with Crippen molar-refractivity contribution in [3.63, 3.8) is 0 Å². The Morgan fingerprint density at radius 1 is 0.962 bits per heavy atom. The number of benzene rings is 2. The van der Waals surface area contributed by atoms with Crippen LogP contribution in [0.5, 0.6) is 5.75 Å². The van der Waals surface area contributed by atoms with Crippen LogP contribution in [0.3, 0.4) is 0 Å². The minimum atomic E-state index is -0.134. The molecule has 0 aliphatic carbocycles. The van der Waals surface area contributed by atoms with Gasteiger partial charge in [-0.15, -0.1) is 0 Å². The van der Waals surface area contributed by atoms with Gasteiger partial charge in [0.25, 0.3) is 5.91 Å². The molecule has 0 N–H and O–H groups in total. The summed E-state index contributed by atoms with van der Waals surface area (Å²) in [4.78, 5) is 18.8. The van der Waals surface area contributed by atoms with Crippen LogP contribution in [0.2, 0.25) is 0 Å². The van der Waals surface area contributed by atoms with Gasteiger partial charge in [0, 0.05) is 6.20 Å². The predicted molar refractivity (Wildman–Crippen MR) is 103 cm³/mol. The maximum Gasteiger partial charge on any atom is 0.266 e. The second kappa shape index (κ2) is 8.30. The Bertz CT molecular complexity index is 864. The fraction of sp³-hybridized carbons (Fsp3) is 0.182. The molecule has 0 unspecified atom stereocenters. The number of aromatic nitrogens is 1. The van der Waals surface area contributed by atoms with Crippen molar-refractivity contribution in [2.45, 2.75) is 20.4 Å². The lowest BCUT2D eigenvalue weighted by atomic mass is 10.1. The second-order valence-electron chi connectivity index (χ2n) is 6.19. The summed E-state index contributed by atoms with van der Waals surface area (Å²) in [5.41, 5.74) is 3.38. The van der Waals surface area contributed by atoms with Crippen molar-refractivity contribution in [3.05, 3.63) is 89.6 Å². The molecule has 3 rings (SSSR count). The molecule has 132 valence electrons. The normalized spacial score (nSPS) is 10.4. The molecule has 1 amide bonds. The SMILES string of the molecule is Cc1ccc(OCC(=O)N(Cc2ccccc2)c2ccccn2)cc1C. The van der Waals surface area contributed by atoms with E-state index in [4.69, 9.17) is 4.74 Å². The fourth-order valence-corrected chi connectivity index (χ4v) is 2.60. The molecule has 0 atom stereocenters. The lowest BCUT2D eigenvalue weighted by Gasteiger charge is -2.22. The summed E-state index contributed by atoms with van der Waals surface area (Å²) in [5.74, 6) is 1.18. The summed E-state index contributed by atoms with van der Waals surface area (Å²) in [7, 11) is 0. The van der Waals surface area contributed by atoms with Gasteiger partial charge in [0.1, 0.15) is 11.6 Å². The Labute approximate surface area is 154 Å². The van der Waals surface area contributed by atoms with Gasteiger partial charge in [-0.2, -0.15) is 0 Å². The number of rotatable bonds is 6. The molecule has 0 bridgehead atoms. The van der Waals surface area contributed by atoms with Crippen LogP contribution < -0.4 is 9.64 Å². The predicted octanol–water partition coefficient (Wildman–Crippen LogP) is 4.31. The molecule has 0 saturated carbocycles. The molecule has 0 radical (unpaired) electrons. The maximum atomic E-state index is 12.8. The number of nitrogens with zero attached hydrogens (tertiary/aromatic N) is 2. The average Bonchev–Trinajstić information content (AvgIpc) is 2.68. The molecule has 4 nitrogen and oxygen atoms in total. The standard InChI is InChI=1S/C22H22N2O2/c1-17-11-12-20(14-18(17)2)26-16-22(25)24(21-10-6-7-13-23-21)15-19-8-4-3-5-9-19/h3-14H,15-16H2,1-2H3. The van der Waals surface area contributed by atoms with Crippen LogP contribution >= 0.6 is 0 Å². The van der Waals surface area contributed by atoms with Crippen LogP contribution in [0.15, 0.2) is 72.9 Å². The van der Waals surface area contributed by atoms with Gasteiger partial charge in [0.2, 0.25) is 0 Å². The lowest BCUT2D eigenvalue weighted by Crippen LogP contribution is -2.35. The van der Waals surface area contributed by atoms with E-state index in [2.05, 4.69) is 4.98 Å². The number of amides is 1. The van der Waals surface area contributed by atoms with E-state index >= 15 is 0 Å². The zero-order chi connectivity index (χ0) is 18.4. The summed E-state index contributed by atoms with van der Waals surface area (Å²) < 4.78 is 5.72. The molecule has 4 heteroatoms. The summed E-state index contributed by atoms with van der Waals surface area (Å²) in [5, 5.41) is 0. The van der Waals surface area contributed by atoms with Crippen molar-refractivity contribution in [1.29, 1.82) is 0 Å². The van der Waals surface area contributed by atoms with E-state index in [-0.39, 0.29) is 12.5 Å². The summed E-state index contributed by atoms with van der Waals surface area (Å²) in [6.07, 6.45) is 1.69. The zero-order valence-corrected chi connectivity index (χ0v) is 15.1. The quantitative estimate of drug-likeness (QED) is 0.668. The number of pyridine rings is 1. The van der Waals surface area contributed by atoms with E-state index in [1.165, 1.54) is 5.56 Å². The van der Waals surface area contributed by atoms with Gasteiger partial charge >= 0.3 is 0 Å². The van der Waals surface area contributed by atoms with Gasteiger partial charge in [0.15, 0.2) is 6.61 Å². The average molecular weight is 346 g/mol. The zero-order valence-electron chi connectivity index (χ0n) is 15.1. The van der Waals surface area contributed by atoms with Gasteiger partial charge in [-0.1, -0.05) is 42.5 Å². The highest BCUT2D eigenvalue weighted by atomic mass is 16.5. The highest BCUT2D eigenvalue weighted by Gasteiger charge is 2.18. The van der Waals surface area contributed by atoms with Crippen molar-refractivity contribution < 1.29 is 9.53 Å². The van der Waals surface area contributed by atoms with Gasteiger partial charge in [0.05, 0.1) is 6.54 Å². The lowest BCUT2D eigenvalue weighted by molar-refractivity contribution is -0.120. The first kappa shape index (κ1) is 17.7. The molecule has 26 heavy (non-hydrogen) atoms. The molecule has 1 aromatic heterocycles. The Morgan fingerprint density at radius 3 is 2.42 bits per heavy atom. The van der Waals surface area contributed by atoms with Gasteiger partial charge in [-0.3, -0.25) is 9.69 Å². The molecule has 0 saturated heterocycles. The molecule has 0 aliphatic heterocycles. The molecule has 3 aromatic rings. The van der Waals surface area contributed by atoms with Gasteiger partial charge in [-0.05, 0) is 54.8 Å². The Kier molecular flexibility index (Phi) is 5.64. The van der Waals surface area contributed by atoms with E-state index in [1.54, 1.807) is 11.1 Å². The van der Waals surface area contributed by atoms with E-state index in [1.807, 2.05) is 80.6 Å². The van der Waals surface area contributed by atoms with Gasteiger partial charge < -0.3 is 4.74 Å². The van der Waals surface area contributed by atoms with Crippen LogP contribution in [-0.4, -0.2) is 17.5 Å². The third-order valence-electron chi connectivity index (χ3n) is 4.25. The van der Waals surface area contributed by atoms with Crippen LogP contribution in [0, 0.1) is 13.8 Å². The Morgan fingerprint density at radius 2 is 1.73 bits per heavy atom. The molecule has 0 aliphatic rings. The third-order valence-corrected chi connectivity index (χ3v) is 4.25. The van der Waals surface area contributed by atoms with Crippen LogP contribution in [-0.2, 0) is 11.3 Å². The van der Waals surface area contributed by atoms with Crippen LogP contribution in [0.1, 0.15) is 16.7 Å². The number of carbonyl (C=O) groups excluding carboxylic acids is 1. The third kappa shape index (κ3) is 4.48. The molecule has 2 aromatic carbocycles. The van der Waals surface area contributed by atoms with Crippen molar-refractivity contribution in [2.24, 2.45) is 0 Å². The molecular formula is C22H22N2O2. The first-order valence-corrected chi connectivity index (χ1v) is 8.59. The smallest absolute Gasteiger partial charge is 0.266 e. The second-order valence-corrected chi connectivity index (χ2v) is 6.19. The first-order chi connectivity index (χ1) is 12.6. The van der Waals surface area contributed by atoms with Crippen LogP contribution in [0.25, 0.3) is 0 Å². The van der Waals surface area contributed by atoms with Crippen molar-refractivity contribution in [2.75, 3.05) is 11.5 Å². The maximum absolute atomic E-state index is 12.8. The fourth-order valence-electron chi connectivity index (χ4n) is 2.60. The number of hydrogen-bond acceptors (Lipinski definition) is 3. The first-order valence-electron chi connectivity index (χ1n) is 8.59. The molecule has 0 fully saturated rings. The molecule has 1 heterocycles. The van der Waals surface area contributed by atoms with E-state index in [9.17, 15) is 4.79 Å². The Balaban J connectivity index is 1.75. The highest BCUT2D eigenvalue weighted by molar-refractivity contribution is 5.93. The number of hydrogen-bond donors (Lipinski definition) is 0. The number of aryl methyl sites for hydroxylation is 2. The number of ether oxygens (including phenoxy) is 1. The van der Waals surface area contributed by atoms with E-state index in [0.29, 0.717) is 18.1 Å². The minimum Gasteiger partial charge on any atom is -0.484 e. The Hall–Kier alpha value is -3.14. The summed E-state index contributed by atoms with van der Waals surface area (Å²) >= 11 is 0. The van der Waals surface area contributed by atoms with Crippen molar-refractivity contribution in [1.82, 2.24) is 4.98 Å². The van der Waals surface area contributed by atoms with Crippen LogP contribution in [0.4, 0.5) is 5.82 Å². The topological polar surface area (TPSA) is 42.4 Å². The van der Waals surface area contributed by atoms with Gasteiger partial charge in [-0.25, -0.2) is 4.98 Å². The minimum absolute atomic E-state index is 0.0358. The van der Waals surface area contributed by atoms with Crippen molar-refractivity contribution >= 4 is 11.7 Å². The van der Waals surface area contributed by atoms with E-state index in [0.717, 1.165) is 11.1 Å². The summed E-state index contributed by atoms with van der Waals surface area (Å²) in [6.45, 7) is 4.49.